The number of nitrogens with zero attached hydrogens (tertiary/aromatic N) is 3. The number of halogens is 1. The summed E-state index contributed by atoms with van der Waals surface area (Å²) in [4.78, 5) is 17.2. The Kier molecular flexibility index (Phi) is 5.54. The molecule has 6 nitrogen and oxygen atoms in total. The first kappa shape index (κ1) is 18.8. The lowest BCUT2D eigenvalue weighted by molar-refractivity contribution is -0.130. The van der Waals surface area contributed by atoms with Crippen molar-refractivity contribution in [3.05, 3.63) is 76.8 Å². The van der Waals surface area contributed by atoms with Crippen LogP contribution in [0.15, 0.2) is 65.7 Å². The Morgan fingerprint density at radius 3 is 2.46 bits per heavy atom. The molecule has 2 aromatic carbocycles. The average Bonchev–Trinajstić information content (AvgIpc) is 3.28. The zero-order valence-electron chi connectivity index (χ0n) is 15.3. The highest BCUT2D eigenvalue weighted by Crippen LogP contribution is 2.36. The number of hydrogen-bond donors (Lipinski definition) is 1. The van der Waals surface area contributed by atoms with Crippen molar-refractivity contribution < 1.29 is 9.53 Å². The number of amides is 1. The predicted octanol–water partition coefficient (Wildman–Crippen LogP) is 3.39. The Balaban J connectivity index is 1.48. The number of benzene rings is 2. The first-order valence-electron chi connectivity index (χ1n) is 9.23. The van der Waals surface area contributed by atoms with Gasteiger partial charge in [-0.1, -0.05) is 40.2 Å². The molecule has 1 fully saturated rings. The number of ether oxygens (including phenoxy) is 1. The van der Waals surface area contributed by atoms with Gasteiger partial charge in [-0.15, -0.1) is 0 Å². The summed E-state index contributed by atoms with van der Waals surface area (Å²) in [5.74, 6) is 0.0541. The van der Waals surface area contributed by atoms with Gasteiger partial charge in [0.2, 0.25) is 5.91 Å². The van der Waals surface area contributed by atoms with Crippen LogP contribution in [0.5, 0.6) is 0 Å². The second-order valence-electron chi connectivity index (χ2n) is 6.89. The molecule has 0 atom stereocenters. The fourth-order valence-electron chi connectivity index (χ4n) is 3.60. The molecule has 144 valence electrons. The lowest BCUT2D eigenvalue weighted by Crippen LogP contribution is -2.47. The maximum Gasteiger partial charge on any atom is 0.231 e. The van der Waals surface area contributed by atoms with Gasteiger partial charge in [-0.2, -0.15) is 5.10 Å². The van der Waals surface area contributed by atoms with Crippen molar-refractivity contribution in [1.82, 2.24) is 20.1 Å². The summed E-state index contributed by atoms with van der Waals surface area (Å²) in [7, 11) is 0. The normalized spacial score (nSPS) is 15.9. The predicted molar refractivity (Wildman–Crippen MR) is 109 cm³/mol. The molecular weight excluding hydrogens is 420 g/mol. The van der Waals surface area contributed by atoms with Crippen molar-refractivity contribution >= 4 is 21.8 Å². The van der Waals surface area contributed by atoms with Crippen LogP contribution in [0.4, 0.5) is 0 Å². The van der Waals surface area contributed by atoms with Crippen LogP contribution < -0.4 is 5.32 Å². The molecule has 0 unspecified atom stereocenters. The van der Waals surface area contributed by atoms with E-state index in [4.69, 9.17) is 4.74 Å². The van der Waals surface area contributed by atoms with E-state index in [0.717, 1.165) is 21.3 Å². The molecule has 3 aromatic rings. The summed E-state index contributed by atoms with van der Waals surface area (Å²) in [5.41, 5.74) is 2.47. The van der Waals surface area contributed by atoms with Gasteiger partial charge in [0.15, 0.2) is 0 Å². The third-order valence-corrected chi connectivity index (χ3v) is 5.78. The third-order valence-electron chi connectivity index (χ3n) is 5.25. The smallest absolute Gasteiger partial charge is 0.231 e. The van der Waals surface area contributed by atoms with Crippen molar-refractivity contribution in [3.8, 4) is 5.69 Å². The van der Waals surface area contributed by atoms with E-state index in [-0.39, 0.29) is 5.91 Å². The molecule has 0 spiro atoms. The highest BCUT2D eigenvalue weighted by molar-refractivity contribution is 9.10. The van der Waals surface area contributed by atoms with E-state index in [1.165, 1.54) is 6.33 Å². The number of carbonyl (C=O) groups excluding carboxylic acids is 1. The van der Waals surface area contributed by atoms with Gasteiger partial charge >= 0.3 is 0 Å². The summed E-state index contributed by atoms with van der Waals surface area (Å²) >= 11 is 3.47. The maximum atomic E-state index is 13.2. The van der Waals surface area contributed by atoms with Gasteiger partial charge in [0.05, 0.1) is 11.1 Å². The lowest BCUT2D eigenvalue weighted by atomic mass is 9.73. The molecule has 1 N–H and O–H groups in total. The molecule has 0 saturated carbocycles. The molecule has 1 aliphatic heterocycles. The van der Waals surface area contributed by atoms with E-state index in [0.29, 0.717) is 32.6 Å². The standard InChI is InChI=1S/C21H21BrN4O2/c22-18-5-3-17(4-6-18)21(9-11-28-12-10-21)20(27)24-13-16-1-7-19(8-2-16)26-15-23-14-25-26/h1-8,14-15H,9-13H2,(H,24,27). The van der Waals surface area contributed by atoms with Crippen LogP contribution in [-0.2, 0) is 21.5 Å². The van der Waals surface area contributed by atoms with Gasteiger partial charge < -0.3 is 10.1 Å². The number of rotatable bonds is 5. The lowest BCUT2D eigenvalue weighted by Gasteiger charge is -2.36. The average molecular weight is 441 g/mol. The van der Waals surface area contributed by atoms with Gasteiger partial charge in [-0.3, -0.25) is 4.79 Å². The van der Waals surface area contributed by atoms with E-state index in [9.17, 15) is 4.79 Å². The minimum absolute atomic E-state index is 0.0541. The summed E-state index contributed by atoms with van der Waals surface area (Å²) < 4.78 is 8.24. The van der Waals surface area contributed by atoms with E-state index in [2.05, 4.69) is 31.3 Å². The SMILES string of the molecule is O=C(NCc1ccc(-n2cncn2)cc1)C1(c2ccc(Br)cc2)CCOCC1. The zero-order chi connectivity index (χ0) is 19.4. The van der Waals surface area contributed by atoms with Crippen molar-refractivity contribution in [2.45, 2.75) is 24.8 Å². The Hall–Kier alpha value is -2.51. The van der Waals surface area contributed by atoms with Crippen LogP contribution in [-0.4, -0.2) is 33.9 Å². The van der Waals surface area contributed by atoms with Crippen molar-refractivity contribution in [2.24, 2.45) is 0 Å². The summed E-state index contributed by atoms with van der Waals surface area (Å²) in [6.45, 7) is 1.67. The van der Waals surface area contributed by atoms with Gasteiger partial charge in [0.1, 0.15) is 12.7 Å². The van der Waals surface area contributed by atoms with Crippen LogP contribution in [0.25, 0.3) is 5.69 Å². The van der Waals surface area contributed by atoms with E-state index in [1.54, 1.807) is 11.0 Å². The van der Waals surface area contributed by atoms with Crippen LogP contribution in [0.1, 0.15) is 24.0 Å². The molecule has 0 radical (unpaired) electrons. The number of hydrogen-bond acceptors (Lipinski definition) is 4. The quantitative estimate of drug-likeness (QED) is 0.659. The van der Waals surface area contributed by atoms with Crippen LogP contribution in [0.2, 0.25) is 0 Å². The van der Waals surface area contributed by atoms with Gasteiger partial charge in [0, 0.05) is 24.2 Å². The van der Waals surface area contributed by atoms with E-state index >= 15 is 0 Å². The highest BCUT2D eigenvalue weighted by atomic mass is 79.9. The molecule has 7 heteroatoms. The van der Waals surface area contributed by atoms with Gasteiger partial charge in [-0.25, -0.2) is 9.67 Å². The number of nitrogens with one attached hydrogen (secondary N) is 1. The third kappa shape index (κ3) is 3.86. The summed E-state index contributed by atoms with van der Waals surface area (Å²) in [5, 5.41) is 7.26. The van der Waals surface area contributed by atoms with Crippen LogP contribution in [0, 0.1) is 0 Å². The molecule has 2 heterocycles. The molecule has 0 aliphatic carbocycles. The minimum Gasteiger partial charge on any atom is -0.381 e. The highest BCUT2D eigenvalue weighted by Gasteiger charge is 2.41. The van der Waals surface area contributed by atoms with Crippen LogP contribution in [0.3, 0.4) is 0 Å². The first-order chi connectivity index (χ1) is 13.7. The second-order valence-corrected chi connectivity index (χ2v) is 7.81. The van der Waals surface area contributed by atoms with Crippen molar-refractivity contribution in [3.63, 3.8) is 0 Å². The topological polar surface area (TPSA) is 69.0 Å². The minimum atomic E-state index is -0.542. The molecule has 1 saturated heterocycles. The molecular formula is C21H21BrN4O2. The number of aromatic nitrogens is 3. The van der Waals surface area contributed by atoms with E-state index in [1.807, 2.05) is 48.5 Å². The summed E-state index contributed by atoms with van der Waals surface area (Å²) in [6.07, 6.45) is 4.53. The van der Waals surface area contributed by atoms with Crippen molar-refractivity contribution in [1.29, 1.82) is 0 Å². The molecule has 4 rings (SSSR count). The zero-order valence-corrected chi connectivity index (χ0v) is 16.9. The first-order valence-corrected chi connectivity index (χ1v) is 10.0. The Bertz CT molecular complexity index is 918. The maximum absolute atomic E-state index is 13.2. The monoisotopic (exact) mass is 440 g/mol. The Labute approximate surface area is 172 Å². The molecule has 1 amide bonds. The molecule has 1 aliphatic rings. The molecule has 1 aromatic heterocycles. The fourth-order valence-corrected chi connectivity index (χ4v) is 3.86. The molecule has 0 bridgehead atoms. The largest absolute Gasteiger partial charge is 0.381 e. The molecule has 28 heavy (non-hydrogen) atoms. The van der Waals surface area contributed by atoms with E-state index < -0.39 is 5.41 Å². The second kappa shape index (κ2) is 8.24. The number of carbonyl (C=O) groups is 1. The van der Waals surface area contributed by atoms with Crippen molar-refractivity contribution in [2.75, 3.05) is 13.2 Å². The Morgan fingerprint density at radius 2 is 1.82 bits per heavy atom. The van der Waals surface area contributed by atoms with Gasteiger partial charge in [-0.05, 0) is 48.2 Å². The van der Waals surface area contributed by atoms with Gasteiger partial charge in [0.25, 0.3) is 0 Å². The van der Waals surface area contributed by atoms with Crippen LogP contribution >= 0.6 is 15.9 Å². The Morgan fingerprint density at radius 1 is 1.11 bits per heavy atom. The summed E-state index contributed by atoms with van der Waals surface area (Å²) in [6, 6.07) is 16.0. The fraction of sp³-hybridized carbons (Fsp3) is 0.286.